The van der Waals surface area contributed by atoms with Crippen LogP contribution in [0.2, 0.25) is 0 Å². The van der Waals surface area contributed by atoms with E-state index < -0.39 is 121 Å². The van der Waals surface area contributed by atoms with Crippen LogP contribution in [0.25, 0.3) is 0 Å². The molecule has 76 heavy (non-hydrogen) atoms. The first-order chi connectivity index (χ1) is 35.9. The summed E-state index contributed by atoms with van der Waals surface area (Å²) in [6.07, 6.45) is -0.844. The molecule has 0 aliphatic carbocycles. The molecule has 1 aromatic carbocycles. The van der Waals surface area contributed by atoms with Crippen LogP contribution in [0.1, 0.15) is 133 Å². The van der Waals surface area contributed by atoms with E-state index in [0.29, 0.717) is 63.8 Å². The lowest BCUT2D eigenvalue weighted by Crippen LogP contribution is -2.60. The number of carbonyl (C=O) groups excluding carboxylic acids is 8. The number of amides is 6. The number of aliphatic hydroxyl groups is 1. The summed E-state index contributed by atoms with van der Waals surface area (Å²) in [4.78, 5) is 122. The zero-order chi connectivity index (χ0) is 55.9. The Bertz CT molecular complexity index is 2240. The molecule has 0 aromatic heterocycles. The first-order valence-electron chi connectivity index (χ1n) is 27.8. The summed E-state index contributed by atoms with van der Waals surface area (Å²) in [7, 11) is 3.28. The number of nitrogens with zero attached hydrogens (tertiary/aromatic N) is 4. The van der Waals surface area contributed by atoms with Crippen LogP contribution < -0.4 is 20.7 Å². The van der Waals surface area contributed by atoms with Gasteiger partial charge in [0.05, 0.1) is 31.7 Å². The zero-order valence-electron chi connectivity index (χ0n) is 47.0. The molecular weight excluding hydrogens is 979 g/mol. The second-order valence-electron chi connectivity index (χ2n) is 23.4. The van der Waals surface area contributed by atoms with Crippen molar-refractivity contribution < 1.29 is 62.4 Å². The second kappa shape index (κ2) is 25.9. The molecule has 0 radical (unpaired) electrons. The van der Waals surface area contributed by atoms with Gasteiger partial charge in [0.1, 0.15) is 54.4 Å². The Hall–Kier alpha value is -5.34. The minimum Gasteiger partial charge on any atom is -0.497 e. The summed E-state index contributed by atoms with van der Waals surface area (Å²) in [6, 6.07) is 1.09. The van der Waals surface area contributed by atoms with E-state index in [-0.39, 0.29) is 54.9 Å². The summed E-state index contributed by atoms with van der Waals surface area (Å²) in [6.45, 7) is 18.7. The summed E-state index contributed by atoms with van der Waals surface area (Å²) >= 11 is 0. The number of rotatable bonds is 14. The standard InChI is InChI=1S/C56H87N7O13/c1-13-35(10)45-43(64)29-44(65)75-46(33(6)7)50(68)57-38(26-31(2)3)52(70)61-23-14-16-40(61)47-53(76-47)60(11)42(28-36-17-19-37(73-12)20-18-36)54(71)74-30-39(48(66)59-45)58-49(67)41(27-32(4)5)62-25-22-56(55(62)72)21-15-24-63(56)51(69)34(8)9/h17-20,31-35,38-43,45-47,53,64H,13-16,21-30H2,1-12H3,(H,57,68)(H,58,67)(H,59,66)/t35-,38-,39-,40-,41+,42?,43-,45+,46-,47?,53+,56+/m0/s1. The number of esters is 2. The fraction of sp³-hybridized carbons (Fsp3) is 0.750. The van der Waals surface area contributed by atoms with Crippen molar-refractivity contribution in [3.05, 3.63) is 29.8 Å². The van der Waals surface area contributed by atoms with Gasteiger partial charge in [-0.05, 0) is 99.8 Å². The molecule has 1 spiro atoms. The minimum atomic E-state index is -1.57. The van der Waals surface area contributed by atoms with Crippen molar-refractivity contribution in [2.75, 3.05) is 40.4 Å². The number of carbonyl (C=O) groups is 8. The number of fused-ring (bicyclic) bond motifs is 3. The van der Waals surface area contributed by atoms with Crippen LogP contribution in [0.3, 0.4) is 0 Å². The van der Waals surface area contributed by atoms with Gasteiger partial charge in [0.15, 0.2) is 6.10 Å². The third-order valence-electron chi connectivity index (χ3n) is 16.1. The highest BCUT2D eigenvalue weighted by Crippen LogP contribution is 2.41. The number of methoxy groups -OCH3 is 1. The number of epoxide rings is 1. The average Bonchev–Trinajstić information content (AvgIpc) is 3.62. The van der Waals surface area contributed by atoms with Crippen molar-refractivity contribution in [1.82, 2.24) is 35.6 Å². The van der Waals surface area contributed by atoms with E-state index in [1.54, 1.807) is 75.6 Å². The highest BCUT2D eigenvalue weighted by Gasteiger charge is 2.58. The number of likely N-dealkylation sites (N-methyl/N-ethyl adjacent to an activating group) is 1. The van der Waals surface area contributed by atoms with Gasteiger partial charge in [-0.1, -0.05) is 87.8 Å². The Kier molecular flexibility index (Phi) is 20.4. The number of benzene rings is 1. The highest BCUT2D eigenvalue weighted by atomic mass is 16.6. The maximum atomic E-state index is 14.9. The van der Waals surface area contributed by atoms with E-state index in [1.165, 1.54) is 4.90 Å². The lowest BCUT2D eigenvalue weighted by Gasteiger charge is -2.36. The number of aliphatic hydroxyl groups excluding tert-OH is 1. The molecule has 424 valence electrons. The van der Waals surface area contributed by atoms with Crippen molar-refractivity contribution in [3.8, 4) is 5.75 Å². The summed E-state index contributed by atoms with van der Waals surface area (Å²) in [5.74, 6) is -5.39. The van der Waals surface area contributed by atoms with Crippen LogP contribution >= 0.6 is 0 Å². The van der Waals surface area contributed by atoms with Crippen molar-refractivity contribution in [2.24, 2.45) is 29.6 Å². The first kappa shape index (κ1) is 59.9. The van der Waals surface area contributed by atoms with Gasteiger partial charge >= 0.3 is 11.9 Å². The molecule has 5 aliphatic rings. The maximum absolute atomic E-state index is 14.9. The first-order valence-corrected chi connectivity index (χ1v) is 27.8. The number of likely N-dealkylation sites (tertiary alicyclic amines) is 2. The predicted molar refractivity (Wildman–Crippen MR) is 281 cm³/mol. The van der Waals surface area contributed by atoms with Crippen LogP contribution in [-0.2, 0) is 59.0 Å². The molecule has 5 aliphatic heterocycles. The van der Waals surface area contributed by atoms with E-state index in [0.717, 1.165) is 5.56 Å². The second-order valence-corrected chi connectivity index (χ2v) is 23.4. The number of hydrogen-bond donors (Lipinski definition) is 4. The van der Waals surface area contributed by atoms with Crippen molar-refractivity contribution in [1.29, 1.82) is 0 Å². The Morgan fingerprint density at radius 2 is 1.59 bits per heavy atom. The van der Waals surface area contributed by atoms with Gasteiger partial charge in [0.25, 0.3) is 5.91 Å². The fourth-order valence-corrected chi connectivity index (χ4v) is 11.6. The van der Waals surface area contributed by atoms with Gasteiger partial charge in [-0.3, -0.25) is 43.3 Å². The van der Waals surface area contributed by atoms with E-state index in [9.17, 15) is 43.5 Å². The van der Waals surface area contributed by atoms with E-state index in [4.69, 9.17) is 18.9 Å². The Morgan fingerprint density at radius 1 is 0.895 bits per heavy atom. The number of hydrogen-bond acceptors (Lipinski definition) is 14. The van der Waals surface area contributed by atoms with Crippen LogP contribution in [0, 0.1) is 29.6 Å². The van der Waals surface area contributed by atoms with Crippen molar-refractivity contribution in [2.45, 2.75) is 200 Å². The fourth-order valence-electron chi connectivity index (χ4n) is 11.6. The summed E-state index contributed by atoms with van der Waals surface area (Å²) in [5.41, 5.74) is -0.332. The quantitative estimate of drug-likeness (QED) is 0.154. The zero-order valence-corrected chi connectivity index (χ0v) is 47.0. The predicted octanol–water partition coefficient (Wildman–Crippen LogP) is 3.34. The molecule has 6 amide bonds. The highest BCUT2D eigenvalue weighted by molar-refractivity contribution is 5.98. The van der Waals surface area contributed by atoms with Gasteiger partial charge < -0.3 is 54.7 Å². The SMILES string of the molecule is CC[C@H](C)[C@H]1NC(=O)[C@@H](NC(=O)[C@@H](CC(C)C)N2CC[C@]3(CCCN3C(=O)C(C)C)C2=O)COC(=O)C(Cc2ccc(OC)cc2)N(C)[C@@H]2OC2[C@@H]2CCCN2C(=O)[C@H](CC(C)C)NC(=O)[C@H](C(C)C)OC(=O)C[C@@H]1O. The number of ether oxygens (including phenoxy) is 4. The number of cyclic esters (lactones) is 2. The van der Waals surface area contributed by atoms with Gasteiger partial charge in [0.2, 0.25) is 29.5 Å². The van der Waals surface area contributed by atoms with Crippen LogP contribution in [0.5, 0.6) is 5.75 Å². The lowest BCUT2D eigenvalue weighted by molar-refractivity contribution is -0.161. The topological polar surface area (TPSA) is 246 Å². The van der Waals surface area contributed by atoms with Gasteiger partial charge in [-0.2, -0.15) is 0 Å². The van der Waals surface area contributed by atoms with Crippen LogP contribution in [0.15, 0.2) is 24.3 Å². The average molecular weight is 1070 g/mol. The monoisotopic (exact) mass is 1070 g/mol. The molecule has 4 N–H and O–H groups in total. The van der Waals surface area contributed by atoms with Gasteiger partial charge in [0, 0.05) is 25.6 Å². The van der Waals surface area contributed by atoms with Crippen LogP contribution in [-0.4, -0.2) is 179 Å². The van der Waals surface area contributed by atoms with E-state index in [2.05, 4.69) is 16.0 Å². The molecule has 20 heteroatoms. The molecule has 5 fully saturated rings. The molecule has 5 heterocycles. The molecule has 0 bridgehead atoms. The van der Waals surface area contributed by atoms with Gasteiger partial charge in [-0.25, -0.2) is 0 Å². The third kappa shape index (κ3) is 13.8. The third-order valence-corrected chi connectivity index (χ3v) is 16.1. The van der Waals surface area contributed by atoms with Crippen LogP contribution in [0.4, 0.5) is 0 Å². The Morgan fingerprint density at radius 3 is 2.21 bits per heavy atom. The van der Waals surface area contributed by atoms with E-state index in [1.807, 2.05) is 46.8 Å². The molecule has 5 saturated heterocycles. The summed E-state index contributed by atoms with van der Waals surface area (Å²) in [5, 5.41) is 20.4. The Labute approximate surface area is 449 Å². The maximum Gasteiger partial charge on any atom is 0.323 e. The molecular formula is C56H87N7O13. The number of nitrogens with one attached hydrogen (secondary N) is 3. The van der Waals surface area contributed by atoms with Gasteiger partial charge in [-0.15, -0.1) is 0 Å². The normalized spacial score (nSPS) is 30.4. The molecule has 12 atom stereocenters. The van der Waals surface area contributed by atoms with Crippen molar-refractivity contribution >= 4 is 47.4 Å². The Balaban J connectivity index is 1.37. The van der Waals surface area contributed by atoms with Crippen molar-refractivity contribution in [3.63, 3.8) is 0 Å². The summed E-state index contributed by atoms with van der Waals surface area (Å²) < 4.78 is 23.7. The molecule has 2 unspecified atom stereocenters. The minimum absolute atomic E-state index is 0.000666. The molecule has 6 rings (SSSR count). The largest absolute Gasteiger partial charge is 0.497 e. The lowest BCUT2D eigenvalue weighted by atomic mass is 9.92. The molecule has 20 nitrogen and oxygen atoms in total. The molecule has 0 saturated carbocycles. The van der Waals surface area contributed by atoms with E-state index >= 15 is 0 Å². The smallest absolute Gasteiger partial charge is 0.323 e. The molecule has 1 aromatic rings.